The molecule has 0 radical (unpaired) electrons. The molecule has 1 aromatic rings. The van der Waals surface area contributed by atoms with Crippen LogP contribution >= 0.6 is 11.3 Å². The van der Waals surface area contributed by atoms with Gasteiger partial charge in [-0.25, -0.2) is 0 Å². The van der Waals surface area contributed by atoms with Crippen LogP contribution in [0.3, 0.4) is 0 Å². The maximum absolute atomic E-state index is 12.5. The van der Waals surface area contributed by atoms with E-state index < -0.39 is 0 Å². The first kappa shape index (κ1) is 14.0. The smallest absolute Gasteiger partial charge is 0.237 e. The molecule has 0 spiro atoms. The molecule has 1 amide bonds. The van der Waals surface area contributed by atoms with Crippen molar-refractivity contribution in [1.82, 2.24) is 9.80 Å². The van der Waals surface area contributed by atoms with Crippen molar-refractivity contribution in [2.75, 3.05) is 26.2 Å². The highest BCUT2D eigenvalue weighted by atomic mass is 32.1. The second kappa shape index (κ2) is 5.84. The molecule has 0 N–H and O–H groups in total. The maximum Gasteiger partial charge on any atom is 0.237 e. The Morgan fingerprint density at radius 3 is 2.90 bits per heavy atom. The van der Waals surface area contributed by atoms with Crippen LogP contribution in [0.5, 0.6) is 0 Å². The summed E-state index contributed by atoms with van der Waals surface area (Å²) in [6.45, 7) is 8.03. The van der Waals surface area contributed by atoms with Gasteiger partial charge in [-0.2, -0.15) is 0 Å². The van der Waals surface area contributed by atoms with E-state index in [0.717, 1.165) is 32.6 Å². The SMILES string of the molecule is CC1CN(CC(=O)N2CCc3sccc3C2)CC(C)O1. The van der Waals surface area contributed by atoms with Crippen molar-refractivity contribution >= 4 is 17.2 Å². The Morgan fingerprint density at radius 2 is 2.15 bits per heavy atom. The highest BCUT2D eigenvalue weighted by Gasteiger charge is 2.27. The van der Waals surface area contributed by atoms with E-state index in [0.29, 0.717) is 6.54 Å². The second-order valence-electron chi connectivity index (χ2n) is 5.89. The molecule has 0 aliphatic carbocycles. The first-order valence-corrected chi connectivity index (χ1v) is 8.20. The van der Waals surface area contributed by atoms with Gasteiger partial charge in [0.1, 0.15) is 0 Å². The number of carbonyl (C=O) groups excluding carboxylic acids is 1. The van der Waals surface area contributed by atoms with Gasteiger partial charge in [-0.1, -0.05) is 0 Å². The molecule has 1 aromatic heterocycles. The van der Waals surface area contributed by atoms with Crippen molar-refractivity contribution in [2.24, 2.45) is 0 Å². The van der Waals surface area contributed by atoms with Crippen LogP contribution < -0.4 is 0 Å². The minimum Gasteiger partial charge on any atom is -0.373 e. The molecular weight excluding hydrogens is 272 g/mol. The summed E-state index contributed by atoms with van der Waals surface area (Å²) in [6.07, 6.45) is 1.45. The average molecular weight is 294 g/mol. The Balaban J connectivity index is 1.57. The minimum atomic E-state index is 0.219. The fourth-order valence-electron chi connectivity index (χ4n) is 3.17. The normalized spacial score (nSPS) is 27.4. The average Bonchev–Trinajstić information content (AvgIpc) is 2.84. The van der Waals surface area contributed by atoms with E-state index in [9.17, 15) is 4.79 Å². The van der Waals surface area contributed by atoms with Gasteiger partial charge in [0.25, 0.3) is 0 Å². The molecule has 4 nitrogen and oxygen atoms in total. The number of carbonyl (C=O) groups is 1. The predicted molar refractivity (Wildman–Crippen MR) is 79.9 cm³/mol. The Hall–Kier alpha value is -0.910. The van der Waals surface area contributed by atoms with Crippen LogP contribution in [0.2, 0.25) is 0 Å². The Morgan fingerprint density at radius 1 is 1.40 bits per heavy atom. The first-order valence-electron chi connectivity index (χ1n) is 7.32. The molecule has 20 heavy (non-hydrogen) atoms. The van der Waals surface area contributed by atoms with Crippen LogP contribution in [0, 0.1) is 0 Å². The lowest BCUT2D eigenvalue weighted by molar-refractivity contribution is -0.136. The Bertz CT molecular complexity index is 478. The first-order chi connectivity index (χ1) is 9.61. The van der Waals surface area contributed by atoms with Gasteiger partial charge in [0.2, 0.25) is 5.91 Å². The van der Waals surface area contributed by atoms with E-state index in [1.807, 2.05) is 16.2 Å². The topological polar surface area (TPSA) is 32.8 Å². The van der Waals surface area contributed by atoms with E-state index in [-0.39, 0.29) is 18.1 Å². The van der Waals surface area contributed by atoms with Crippen LogP contribution in [0.25, 0.3) is 0 Å². The minimum absolute atomic E-state index is 0.219. The van der Waals surface area contributed by atoms with E-state index in [4.69, 9.17) is 4.74 Å². The standard InChI is InChI=1S/C15H22N2O2S/c1-11-7-16(8-12(2)19-11)10-15(18)17-5-3-14-13(9-17)4-6-20-14/h4,6,11-12H,3,5,7-10H2,1-2H3. The quantitative estimate of drug-likeness (QED) is 0.833. The molecule has 2 aliphatic heterocycles. The van der Waals surface area contributed by atoms with Crippen molar-refractivity contribution in [3.05, 3.63) is 21.9 Å². The lowest BCUT2D eigenvalue weighted by Crippen LogP contribution is -2.50. The summed E-state index contributed by atoms with van der Waals surface area (Å²) in [5.74, 6) is 0.253. The third-order valence-corrected chi connectivity index (χ3v) is 5.04. The number of ether oxygens (including phenoxy) is 1. The molecule has 2 atom stereocenters. The highest BCUT2D eigenvalue weighted by molar-refractivity contribution is 7.10. The van der Waals surface area contributed by atoms with Gasteiger partial charge in [-0.15, -0.1) is 11.3 Å². The summed E-state index contributed by atoms with van der Waals surface area (Å²) < 4.78 is 5.71. The van der Waals surface area contributed by atoms with Crippen molar-refractivity contribution in [2.45, 2.75) is 39.0 Å². The van der Waals surface area contributed by atoms with Crippen molar-refractivity contribution in [1.29, 1.82) is 0 Å². The molecular formula is C15H22N2O2S. The maximum atomic E-state index is 12.5. The zero-order chi connectivity index (χ0) is 14.1. The summed E-state index contributed by atoms with van der Waals surface area (Å²) in [6, 6.07) is 2.15. The lowest BCUT2D eigenvalue weighted by atomic mass is 10.1. The molecule has 0 saturated carbocycles. The molecule has 2 unspecified atom stereocenters. The summed E-state index contributed by atoms with van der Waals surface area (Å²) in [4.78, 5) is 18.1. The zero-order valence-electron chi connectivity index (χ0n) is 12.2. The van der Waals surface area contributed by atoms with Gasteiger partial charge >= 0.3 is 0 Å². The number of thiophene rings is 1. The summed E-state index contributed by atoms with van der Waals surface area (Å²) in [7, 11) is 0. The summed E-state index contributed by atoms with van der Waals surface area (Å²) in [5.41, 5.74) is 1.33. The van der Waals surface area contributed by atoms with E-state index in [1.165, 1.54) is 10.4 Å². The van der Waals surface area contributed by atoms with Gasteiger partial charge in [-0.3, -0.25) is 9.69 Å². The van der Waals surface area contributed by atoms with Gasteiger partial charge in [0.15, 0.2) is 0 Å². The fourth-order valence-corrected chi connectivity index (χ4v) is 4.06. The molecule has 3 rings (SSSR count). The fraction of sp³-hybridized carbons (Fsp3) is 0.667. The van der Waals surface area contributed by atoms with Gasteiger partial charge < -0.3 is 9.64 Å². The van der Waals surface area contributed by atoms with Crippen molar-refractivity contribution in [3.63, 3.8) is 0 Å². The summed E-state index contributed by atoms with van der Waals surface area (Å²) >= 11 is 1.81. The molecule has 0 bridgehead atoms. The zero-order valence-corrected chi connectivity index (χ0v) is 13.0. The van der Waals surface area contributed by atoms with Crippen LogP contribution in [0.15, 0.2) is 11.4 Å². The van der Waals surface area contributed by atoms with Crippen LogP contribution in [-0.2, 0) is 22.5 Å². The number of hydrogen-bond donors (Lipinski definition) is 0. The second-order valence-corrected chi connectivity index (χ2v) is 6.89. The highest BCUT2D eigenvalue weighted by Crippen LogP contribution is 2.24. The Labute approximate surface area is 124 Å². The lowest BCUT2D eigenvalue weighted by Gasteiger charge is -2.36. The molecule has 2 aliphatic rings. The molecule has 0 aromatic carbocycles. The van der Waals surface area contributed by atoms with Crippen LogP contribution in [0.4, 0.5) is 0 Å². The Kier molecular flexibility index (Phi) is 4.10. The largest absolute Gasteiger partial charge is 0.373 e. The van der Waals surface area contributed by atoms with Crippen LogP contribution in [0.1, 0.15) is 24.3 Å². The number of nitrogens with zero attached hydrogens (tertiary/aromatic N) is 2. The number of morpholine rings is 1. The third kappa shape index (κ3) is 3.05. The van der Waals surface area contributed by atoms with Crippen molar-refractivity contribution in [3.8, 4) is 0 Å². The van der Waals surface area contributed by atoms with Crippen LogP contribution in [-0.4, -0.2) is 54.1 Å². The van der Waals surface area contributed by atoms with Gasteiger partial charge in [0.05, 0.1) is 18.8 Å². The third-order valence-electron chi connectivity index (χ3n) is 4.01. The van der Waals surface area contributed by atoms with Gasteiger partial charge in [-0.05, 0) is 37.3 Å². The number of amides is 1. The summed E-state index contributed by atoms with van der Waals surface area (Å²) in [5, 5.41) is 2.13. The molecule has 3 heterocycles. The van der Waals surface area contributed by atoms with E-state index in [1.54, 1.807) is 0 Å². The monoisotopic (exact) mass is 294 g/mol. The van der Waals surface area contributed by atoms with E-state index >= 15 is 0 Å². The molecule has 1 fully saturated rings. The number of fused-ring (bicyclic) bond motifs is 1. The van der Waals surface area contributed by atoms with E-state index in [2.05, 4.69) is 30.2 Å². The molecule has 1 saturated heterocycles. The molecule has 110 valence electrons. The van der Waals surface area contributed by atoms with Crippen molar-refractivity contribution < 1.29 is 9.53 Å². The molecule has 5 heteroatoms. The number of rotatable bonds is 2. The predicted octanol–water partition coefficient (Wildman–Crippen LogP) is 1.74. The van der Waals surface area contributed by atoms with Gasteiger partial charge in [0, 0.05) is 31.1 Å². The number of hydrogen-bond acceptors (Lipinski definition) is 4.